The van der Waals surface area contributed by atoms with Gasteiger partial charge in [-0.15, -0.1) is 0 Å². The number of methoxy groups -OCH3 is 2. The summed E-state index contributed by atoms with van der Waals surface area (Å²) in [7, 11) is 2.89. The van der Waals surface area contributed by atoms with Gasteiger partial charge in [-0.2, -0.15) is 0 Å². The van der Waals surface area contributed by atoms with Crippen LogP contribution in [0.5, 0.6) is 11.5 Å². The number of benzene rings is 2. The maximum atomic E-state index is 13.2. The number of fused-ring (bicyclic) bond motifs is 1. The van der Waals surface area contributed by atoms with E-state index in [0.717, 1.165) is 11.1 Å². The van der Waals surface area contributed by atoms with Gasteiger partial charge in [0.2, 0.25) is 5.91 Å². The first-order chi connectivity index (χ1) is 16.0. The van der Waals surface area contributed by atoms with Crippen LogP contribution in [0, 0.1) is 0 Å². The molecule has 2 aliphatic rings. The Bertz CT molecular complexity index is 1130. The van der Waals surface area contributed by atoms with Gasteiger partial charge in [-0.25, -0.2) is 9.79 Å². The van der Waals surface area contributed by atoms with Crippen LogP contribution in [0.15, 0.2) is 64.8 Å². The fourth-order valence-corrected chi connectivity index (χ4v) is 5.12. The van der Waals surface area contributed by atoms with Gasteiger partial charge in [0.1, 0.15) is 6.61 Å². The summed E-state index contributed by atoms with van der Waals surface area (Å²) in [6.07, 6.45) is 0.675. The number of carbonyl (C=O) groups excluding carboxylic acids is 2. The van der Waals surface area contributed by atoms with E-state index in [1.807, 2.05) is 43.3 Å². The molecule has 0 N–H and O–H groups in total. The van der Waals surface area contributed by atoms with E-state index in [-0.39, 0.29) is 11.2 Å². The molecule has 0 radical (unpaired) electrons. The molecule has 2 atom stereocenters. The number of aliphatic imine (C=N–C) groups is 1. The van der Waals surface area contributed by atoms with Gasteiger partial charge in [0.05, 0.1) is 36.8 Å². The number of nitrogens with zero attached hydrogens (tertiary/aromatic N) is 2. The van der Waals surface area contributed by atoms with Gasteiger partial charge in [-0.05, 0) is 36.6 Å². The molecule has 4 rings (SSSR count). The third-order valence-corrected chi connectivity index (χ3v) is 6.99. The fourth-order valence-electron chi connectivity index (χ4n) is 3.98. The van der Waals surface area contributed by atoms with Crippen LogP contribution in [0.4, 0.5) is 0 Å². The van der Waals surface area contributed by atoms with Crippen LogP contribution >= 0.6 is 11.8 Å². The third-order valence-electron chi connectivity index (χ3n) is 5.67. The molecule has 7 nitrogen and oxygen atoms in total. The monoisotopic (exact) mass is 466 g/mol. The van der Waals surface area contributed by atoms with E-state index in [1.54, 1.807) is 31.1 Å². The van der Waals surface area contributed by atoms with Gasteiger partial charge >= 0.3 is 5.97 Å². The molecule has 8 heteroatoms. The number of amides is 1. The van der Waals surface area contributed by atoms with Crippen LogP contribution in [-0.4, -0.2) is 41.4 Å². The molecular weight excluding hydrogens is 440 g/mol. The smallest absolute Gasteiger partial charge is 0.338 e. The van der Waals surface area contributed by atoms with Gasteiger partial charge in [-0.3, -0.25) is 9.69 Å². The molecule has 0 saturated carbocycles. The van der Waals surface area contributed by atoms with Crippen molar-refractivity contribution in [3.8, 4) is 11.5 Å². The SMILES string of the molecule is CC[C@@H]1SC2=NC(C)=C(C(=O)OC)[C@H](c3ccc(OCc4ccccc4)c(OC)c3)N2C1=O. The fraction of sp³-hybridized carbons (Fsp3) is 0.320. The molecular formula is C25H26N2O5S. The zero-order valence-electron chi connectivity index (χ0n) is 19.0. The number of hydrogen-bond donors (Lipinski definition) is 0. The first kappa shape index (κ1) is 22.9. The minimum atomic E-state index is -0.654. The predicted octanol–water partition coefficient (Wildman–Crippen LogP) is 4.49. The number of amidine groups is 1. The second-order valence-corrected chi connectivity index (χ2v) is 8.87. The molecule has 0 spiro atoms. The highest BCUT2D eigenvalue weighted by Crippen LogP contribution is 2.45. The lowest BCUT2D eigenvalue weighted by Gasteiger charge is -2.33. The average Bonchev–Trinajstić information content (AvgIpc) is 3.16. The molecule has 2 aromatic rings. The lowest BCUT2D eigenvalue weighted by Crippen LogP contribution is -2.40. The van der Waals surface area contributed by atoms with E-state index < -0.39 is 12.0 Å². The van der Waals surface area contributed by atoms with E-state index in [0.29, 0.717) is 41.0 Å². The van der Waals surface area contributed by atoms with Crippen molar-refractivity contribution in [3.63, 3.8) is 0 Å². The summed E-state index contributed by atoms with van der Waals surface area (Å²) in [4.78, 5) is 32.1. The molecule has 33 heavy (non-hydrogen) atoms. The second kappa shape index (κ2) is 9.70. The van der Waals surface area contributed by atoms with Crippen LogP contribution in [0.3, 0.4) is 0 Å². The highest BCUT2D eigenvalue weighted by atomic mass is 32.2. The summed E-state index contributed by atoms with van der Waals surface area (Å²) in [5, 5.41) is 0.372. The molecule has 2 heterocycles. The summed E-state index contributed by atoms with van der Waals surface area (Å²) < 4.78 is 16.6. The number of carbonyl (C=O) groups is 2. The molecule has 172 valence electrons. The van der Waals surface area contributed by atoms with Crippen LogP contribution in [0.25, 0.3) is 0 Å². The van der Waals surface area contributed by atoms with Crippen molar-refractivity contribution in [2.45, 2.75) is 38.2 Å². The molecule has 1 fully saturated rings. The van der Waals surface area contributed by atoms with Crippen molar-refractivity contribution in [1.29, 1.82) is 0 Å². The Hall–Kier alpha value is -3.26. The van der Waals surface area contributed by atoms with Crippen LogP contribution < -0.4 is 9.47 Å². The Morgan fingerprint density at radius 3 is 2.55 bits per heavy atom. The van der Waals surface area contributed by atoms with Gasteiger partial charge in [0.25, 0.3) is 0 Å². The highest BCUT2D eigenvalue weighted by Gasteiger charge is 2.47. The Balaban J connectivity index is 1.72. The topological polar surface area (TPSA) is 77.4 Å². The Labute approximate surface area is 197 Å². The van der Waals surface area contributed by atoms with E-state index >= 15 is 0 Å². The highest BCUT2D eigenvalue weighted by molar-refractivity contribution is 8.15. The van der Waals surface area contributed by atoms with Crippen LogP contribution in [-0.2, 0) is 20.9 Å². The number of allylic oxidation sites excluding steroid dienone is 1. The molecule has 1 amide bonds. The minimum absolute atomic E-state index is 0.0662. The van der Waals surface area contributed by atoms with Crippen molar-refractivity contribution in [3.05, 3.63) is 70.9 Å². The van der Waals surface area contributed by atoms with Gasteiger partial charge < -0.3 is 14.2 Å². The Morgan fingerprint density at radius 1 is 1.12 bits per heavy atom. The average molecular weight is 467 g/mol. The Kier molecular flexibility index (Phi) is 6.74. The van der Waals surface area contributed by atoms with Crippen LogP contribution in [0.2, 0.25) is 0 Å². The molecule has 0 aromatic heterocycles. The van der Waals surface area contributed by atoms with Crippen molar-refractivity contribution in [2.24, 2.45) is 4.99 Å². The first-order valence-electron chi connectivity index (χ1n) is 10.7. The second-order valence-electron chi connectivity index (χ2n) is 7.70. The largest absolute Gasteiger partial charge is 0.493 e. The summed E-state index contributed by atoms with van der Waals surface area (Å²) in [5.41, 5.74) is 2.64. The standard InChI is InChI=1S/C25H26N2O5S/c1-5-20-23(28)27-22(21(24(29)31-4)15(2)26-25(27)33-20)17-11-12-18(19(13-17)30-3)32-14-16-9-7-6-8-10-16/h6-13,20,22H,5,14H2,1-4H3/t20-,22-/m0/s1. The van der Waals surface area contributed by atoms with E-state index in [9.17, 15) is 9.59 Å². The zero-order valence-corrected chi connectivity index (χ0v) is 19.8. The quantitative estimate of drug-likeness (QED) is 0.560. The third kappa shape index (κ3) is 4.35. The van der Waals surface area contributed by atoms with E-state index in [2.05, 4.69) is 4.99 Å². The first-order valence-corrected chi connectivity index (χ1v) is 11.6. The van der Waals surface area contributed by atoms with E-state index in [1.165, 1.54) is 18.9 Å². The van der Waals surface area contributed by atoms with E-state index in [4.69, 9.17) is 14.2 Å². The van der Waals surface area contributed by atoms with Gasteiger partial charge in [0.15, 0.2) is 16.7 Å². The summed E-state index contributed by atoms with van der Waals surface area (Å²) in [6.45, 7) is 4.12. The number of esters is 1. The van der Waals surface area contributed by atoms with Gasteiger partial charge in [0, 0.05) is 0 Å². The lowest BCUT2D eigenvalue weighted by molar-refractivity contribution is -0.137. The predicted molar refractivity (Wildman–Crippen MR) is 127 cm³/mol. The van der Waals surface area contributed by atoms with Crippen molar-refractivity contribution in [2.75, 3.05) is 14.2 Å². The Morgan fingerprint density at radius 2 is 1.88 bits per heavy atom. The van der Waals surface area contributed by atoms with Crippen molar-refractivity contribution >= 4 is 28.8 Å². The number of ether oxygens (including phenoxy) is 3. The summed E-state index contributed by atoms with van der Waals surface area (Å²) in [5.74, 6) is 0.509. The number of thioether (sulfide) groups is 1. The molecule has 0 aliphatic carbocycles. The summed E-state index contributed by atoms with van der Waals surface area (Å²) in [6, 6.07) is 14.6. The maximum Gasteiger partial charge on any atom is 0.338 e. The van der Waals surface area contributed by atoms with Gasteiger partial charge in [-0.1, -0.05) is 55.1 Å². The molecule has 2 aromatic carbocycles. The number of hydrogen-bond acceptors (Lipinski definition) is 7. The zero-order chi connectivity index (χ0) is 23.5. The number of rotatable bonds is 7. The van der Waals surface area contributed by atoms with Crippen molar-refractivity contribution in [1.82, 2.24) is 4.90 Å². The lowest BCUT2D eigenvalue weighted by atomic mass is 9.94. The molecule has 2 aliphatic heterocycles. The minimum Gasteiger partial charge on any atom is -0.493 e. The maximum absolute atomic E-state index is 13.2. The normalized spacial score (nSPS) is 19.8. The molecule has 1 saturated heterocycles. The molecule has 0 unspecified atom stereocenters. The van der Waals surface area contributed by atoms with Crippen LogP contribution in [0.1, 0.15) is 37.4 Å². The van der Waals surface area contributed by atoms with Crippen molar-refractivity contribution < 1.29 is 23.8 Å². The molecule has 0 bridgehead atoms. The summed E-state index contributed by atoms with van der Waals surface area (Å²) >= 11 is 1.43.